The van der Waals surface area contributed by atoms with Gasteiger partial charge in [-0.1, -0.05) is 80.8 Å². The number of aryl methyl sites for hydroxylation is 2. The first-order valence-electron chi connectivity index (χ1n) is 7.52. The summed E-state index contributed by atoms with van der Waals surface area (Å²) in [5.74, 6) is 0. The van der Waals surface area contributed by atoms with Gasteiger partial charge in [0.25, 0.3) is 0 Å². The van der Waals surface area contributed by atoms with Crippen molar-refractivity contribution < 1.29 is 0 Å². The van der Waals surface area contributed by atoms with Crippen LogP contribution in [0.25, 0.3) is 0 Å². The minimum Gasteiger partial charge on any atom is -0.0840 e. The lowest BCUT2D eigenvalue weighted by Crippen LogP contribution is -1.91. The molecule has 2 aromatic rings. The maximum absolute atomic E-state index is 6.23. The van der Waals surface area contributed by atoms with Gasteiger partial charge in [0.05, 0.1) is 0 Å². The molecule has 0 aliphatic heterocycles. The van der Waals surface area contributed by atoms with Gasteiger partial charge >= 0.3 is 0 Å². The normalized spacial score (nSPS) is 9.85. The third-order valence-corrected chi connectivity index (χ3v) is 3.53. The van der Waals surface area contributed by atoms with Gasteiger partial charge in [-0.2, -0.15) is 0 Å². The standard InChI is InChI=1S/C17H19Cl.C2H6/c1-3-4-14-6-8-15(9-7-14)12-16-11-13(2)5-10-17(16)18;1-2/h5-11H,3-4,12H2,1-2H3;1-2H3. The smallest absolute Gasteiger partial charge is 0.0441 e. The second kappa shape index (κ2) is 8.81. The average Bonchev–Trinajstić information content (AvgIpc) is 2.47. The molecule has 0 atom stereocenters. The third kappa shape index (κ3) is 5.02. The molecule has 0 radical (unpaired) electrons. The van der Waals surface area contributed by atoms with Crippen LogP contribution in [0.4, 0.5) is 0 Å². The molecule has 0 aliphatic rings. The molecule has 108 valence electrons. The Morgan fingerprint density at radius 2 is 1.50 bits per heavy atom. The van der Waals surface area contributed by atoms with Gasteiger partial charge in [-0.15, -0.1) is 0 Å². The fraction of sp³-hybridized carbons (Fsp3) is 0.368. The van der Waals surface area contributed by atoms with Crippen LogP contribution in [0.3, 0.4) is 0 Å². The Balaban J connectivity index is 0.000000956. The molecule has 1 heteroatoms. The zero-order chi connectivity index (χ0) is 15.0. The average molecular weight is 289 g/mol. The van der Waals surface area contributed by atoms with Crippen molar-refractivity contribution in [3.05, 3.63) is 69.7 Å². The summed E-state index contributed by atoms with van der Waals surface area (Å²) in [6.07, 6.45) is 3.27. The van der Waals surface area contributed by atoms with Crippen LogP contribution in [0.1, 0.15) is 49.4 Å². The van der Waals surface area contributed by atoms with E-state index >= 15 is 0 Å². The van der Waals surface area contributed by atoms with E-state index in [-0.39, 0.29) is 0 Å². The zero-order valence-electron chi connectivity index (χ0n) is 13.0. The lowest BCUT2D eigenvalue weighted by molar-refractivity contribution is 0.920. The molecule has 0 aliphatic carbocycles. The Bertz CT molecular complexity index is 512. The predicted molar refractivity (Wildman–Crippen MR) is 90.8 cm³/mol. The summed E-state index contributed by atoms with van der Waals surface area (Å²) in [4.78, 5) is 0. The topological polar surface area (TPSA) is 0 Å². The maximum atomic E-state index is 6.23. The van der Waals surface area contributed by atoms with Gasteiger partial charge in [-0.05, 0) is 42.5 Å². The van der Waals surface area contributed by atoms with Crippen molar-refractivity contribution in [1.82, 2.24) is 0 Å². The highest BCUT2D eigenvalue weighted by Crippen LogP contribution is 2.21. The first-order valence-corrected chi connectivity index (χ1v) is 7.89. The Morgan fingerprint density at radius 3 is 2.10 bits per heavy atom. The molecule has 0 spiro atoms. The first-order chi connectivity index (χ1) is 9.69. The summed E-state index contributed by atoms with van der Waals surface area (Å²) >= 11 is 6.23. The third-order valence-electron chi connectivity index (χ3n) is 3.16. The van der Waals surface area contributed by atoms with Crippen molar-refractivity contribution in [3.63, 3.8) is 0 Å². The second-order valence-corrected chi connectivity index (χ2v) is 5.25. The first kappa shape index (κ1) is 16.8. The van der Waals surface area contributed by atoms with Gasteiger partial charge in [0.1, 0.15) is 0 Å². The van der Waals surface area contributed by atoms with Crippen molar-refractivity contribution >= 4 is 11.6 Å². The Kier molecular flexibility index (Phi) is 7.40. The number of hydrogen-bond donors (Lipinski definition) is 0. The van der Waals surface area contributed by atoms with E-state index in [0.29, 0.717) is 0 Å². The van der Waals surface area contributed by atoms with Crippen LogP contribution in [0.5, 0.6) is 0 Å². The number of rotatable bonds is 4. The molecule has 0 N–H and O–H groups in total. The van der Waals surface area contributed by atoms with Gasteiger partial charge in [0.15, 0.2) is 0 Å². The Morgan fingerprint density at radius 1 is 0.900 bits per heavy atom. The minimum absolute atomic E-state index is 0.859. The van der Waals surface area contributed by atoms with Crippen LogP contribution in [-0.2, 0) is 12.8 Å². The highest BCUT2D eigenvalue weighted by Gasteiger charge is 2.02. The van der Waals surface area contributed by atoms with Crippen LogP contribution in [0.2, 0.25) is 5.02 Å². The minimum atomic E-state index is 0.859. The van der Waals surface area contributed by atoms with E-state index in [2.05, 4.69) is 50.2 Å². The van der Waals surface area contributed by atoms with Crippen LogP contribution in [0.15, 0.2) is 42.5 Å². The van der Waals surface area contributed by atoms with E-state index in [0.717, 1.165) is 17.9 Å². The van der Waals surface area contributed by atoms with Gasteiger partial charge < -0.3 is 0 Å². The van der Waals surface area contributed by atoms with Crippen LogP contribution < -0.4 is 0 Å². The molecule has 0 saturated heterocycles. The fourth-order valence-corrected chi connectivity index (χ4v) is 2.36. The van der Waals surface area contributed by atoms with Crippen LogP contribution >= 0.6 is 11.6 Å². The number of benzene rings is 2. The second-order valence-electron chi connectivity index (χ2n) is 4.84. The molecule has 0 aromatic heterocycles. The summed E-state index contributed by atoms with van der Waals surface area (Å²) < 4.78 is 0. The SMILES string of the molecule is CC.CCCc1ccc(Cc2cc(C)ccc2Cl)cc1. The van der Waals surface area contributed by atoms with E-state index in [1.54, 1.807) is 0 Å². The predicted octanol–water partition coefficient (Wildman–Crippen LogP) is 6.22. The largest absolute Gasteiger partial charge is 0.0840 e. The summed E-state index contributed by atoms with van der Waals surface area (Å²) in [5, 5.41) is 0.859. The summed E-state index contributed by atoms with van der Waals surface area (Å²) in [5.41, 5.74) is 5.20. The molecule has 0 fully saturated rings. The summed E-state index contributed by atoms with van der Waals surface area (Å²) in [6.45, 7) is 8.31. The molecule has 0 heterocycles. The van der Waals surface area contributed by atoms with Crippen LogP contribution in [0, 0.1) is 6.92 Å². The molecule has 0 unspecified atom stereocenters. The van der Waals surface area contributed by atoms with Crippen molar-refractivity contribution in [2.45, 2.75) is 47.0 Å². The molecule has 0 nitrogen and oxygen atoms in total. The molecule has 2 rings (SSSR count). The van der Waals surface area contributed by atoms with E-state index in [9.17, 15) is 0 Å². The number of hydrogen-bond acceptors (Lipinski definition) is 0. The molecular weight excluding hydrogens is 264 g/mol. The number of halogens is 1. The van der Waals surface area contributed by atoms with Gasteiger partial charge in [0.2, 0.25) is 0 Å². The van der Waals surface area contributed by atoms with E-state index in [1.165, 1.54) is 28.7 Å². The van der Waals surface area contributed by atoms with E-state index in [4.69, 9.17) is 11.6 Å². The lowest BCUT2D eigenvalue weighted by atomic mass is 10.0. The molecule has 2 aromatic carbocycles. The zero-order valence-corrected chi connectivity index (χ0v) is 13.8. The molecule has 0 saturated carbocycles. The van der Waals surface area contributed by atoms with Gasteiger partial charge in [0, 0.05) is 5.02 Å². The van der Waals surface area contributed by atoms with E-state index in [1.807, 2.05) is 19.9 Å². The van der Waals surface area contributed by atoms with Crippen LogP contribution in [-0.4, -0.2) is 0 Å². The lowest BCUT2D eigenvalue weighted by Gasteiger charge is -2.07. The van der Waals surface area contributed by atoms with E-state index < -0.39 is 0 Å². The monoisotopic (exact) mass is 288 g/mol. The molecule has 0 bridgehead atoms. The van der Waals surface area contributed by atoms with Gasteiger partial charge in [-0.3, -0.25) is 0 Å². The van der Waals surface area contributed by atoms with Crippen molar-refractivity contribution in [2.75, 3.05) is 0 Å². The van der Waals surface area contributed by atoms with Crippen molar-refractivity contribution in [2.24, 2.45) is 0 Å². The Labute approximate surface area is 128 Å². The molecule has 20 heavy (non-hydrogen) atoms. The summed E-state index contributed by atoms with van der Waals surface area (Å²) in [6, 6.07) is 15.1. The van der Waals surface area contributed by atoms with Crippen molar-refractivity contribution in [1.29, 1.82) is 0 Å². The highest BCUT2D eigenvalue weighted by atomic mass is 35.5. The van der Waals surface area contributed by atoms with Crippen molar-refractivity contribution in [3.8, 4) is 0 Å². The van der Waals surface area contributed by atoms with Gasteiger partial charge in [-0.25, -0.2) is 0 Å². The quantitative estimate of drug-likeness (QED) is 0.626. The molecular formula is C19H25Cl. The summed E-state index contributed by atoms with van der Waals surface area (Å²) in [7, 11) is 0. The highest BCUT2D eigenvalue weighted by molar-refractivity contribution is 6.31. The maximum Gasteiger partial charge on any atom is 0.0441 e. The molecule has 0 amide bonds. The Hall–Kier alpha value is -1.27. The fourth-order valence-electron chi connectivity index (χ4n) is 2.17.